The third-order valence-corrected chi connectivity index (χ3v) is 4.25. The van der Waals surface area contributed by atoms with Crippen LogP contribution in [0.25, 0.3) is 0 Å². The molecule has 1 aromatic rings. The number of piperazine rings is 1. The van der Waals surface area contributed by atoms with Crippen LogP contribution in [0, 0.1) is 5.92 Å². The molecule has 5 nitrogen and oxygen atoms in total. The Kier molecular flexibility index (Phi) is 3.35. The van der Waals surface area contributed by atoms with E-state index in [4.69, 9.17) is 4.52 Å². The third kappa shape index (κ3) is 2.42. The fraction of sp³-hybridized carbons (Fsp3) is 0.846. The molecular weight excluding hydrogens is 228 g/mol. The first-order valence-corrected chi connectivity index (χ1v) is 7.04. The zero-order valence-corrected chi connectivity index (χ0v) is 11.2. The Hall–Kier alpha value is -0.940. The highest BCUT2D eigenvalue weighted by molar-refractivity contribution is 5.01. The summed E-state index contributed by atoms with van der Waals surface area (Å²) in [6.07, 6.45) is 2.62. The van der Waals surface area contributed by atoms with Crippen LogP contribution in [0.4, 0.5) is 0 Å². The van der Waals surface area contributed by atoms with E-state index < -0.39 is 0 Å². The zero-order chi connectivity index (χ0) is 12.5. The monoisotopic (exact) mass is 250 g/mol. The van der Waals surface area contributed by atoms with E-state index in [2.05, 4.69) is 34.2 Å². The first-order valence-electron chi connectivity index (χ1n) is 7.04. The molecule has 1 aromatic heterocycles. The van der Waals surface area contributed by atoms with Crippen LogP contribution in [0.5, 0.6) is 0 Å². The Morgan fingerprint density at radius 1 is 1.28 bits per heavy atom. The Morgan fingerprint density at radius 2 is 2.00 bits per heavy atom. The van der Waals surface area contributed by atoms with Gasteiger partial charge < -0.3 is 9.84 Å². The van der Waals surface area contributed by atoms with E-state index in [1.165, 1.54) is 12.8 Å². The van der Waals surface area contributed by atoms with Gasteiger partial charge >= 0.3 is 0 Å². The maximum Gasteiger partial charge on any atom is 0.229 e. The van der Waals surface area contributed by atoms with E-state index in [0.717, 1.165) is 43.8 Å². The van der Waals surface area contributed by atoms with Gasteiger partial charge in [-0.3, -0.25) is 4.90 Å². The van der Waals surface area contributed by atoms with Crippen LogP contribution in [0.1, 0.15) is 50.4 Å². The minimum absolute atomic E-state index is 0.260. The molecule has 1 aliphatic heterocycles. The minimum atomic E-state index is 0.260. The fourth-order valence-electron chi connectivity index (χ4n) is 2.63. The molecule has 1 aliphatic carbocycles. The lowest BCUT2D eigenvalue weighted by Gasteiger charge is -2.30. The molecule has 1 saturated heterocycles. The molecule has 2 aliphatic rings. The summed E-state index contributed by atoms with van der Waals surface area (Å²) >= 11 is 0. The van der Waals surface area contributed by atoms with Crippen LogP contribution in [0.15, 0.2) is 4.52 Å². The van der Waals surface area contributed by atoms with Crippen LogP contribution in [-0.4, -0.2) is 41.2 Å². The molecule has 2 fully saturated rings. The van der Waals surface area contributed by atoms with Crippen molar-refractivity contribution in [1.82, 2.24) is 20.4 Å². The SMILES string of the molecule is CC(c1nc(C(C)N2CCNCC2)no1)C1CC1. The molecule has 2 atom stereocenters. The number of hydrogen-bond acceptors (Lipinski definition) is 5. The van der Waals surface area contributed by atoms with Crippen molar-refractivity contribution in [2.45, 2.75) is 38.6 Å². The van der Waals surface area contributed by atoms with Gasteiger partial charge in [0.1, 0.15) is 0 Å². The molecule has 0 spiro atoms. The summed E-state index contributed by atoms with van der Waals surface area (Å²) < 4.78 is 5.44. The molecule has 1 N–H and O–H groups in total. The largest absolute Gasteiger partial charge is 0.339 e. The zero-order valence-electron chi connectivity index (χ0n) is 11.2. The molecule has 0 amide bonds. The minimum Gasteiger partial charge on any atom is -0.339 e. The first-order chi connectivity index (χ1) is 8.75. The van der Waals surface area contributed by atoms with E-state index in [-0.39, 0.29) is 6.04 Å². The number of aromatic nitrogens is 2. The predicted octanol–water partition coefficient (Wildman–Crippen LogP) is 1.55. The molecule has 100 valence electrons. The van der Waals surface area contributed by atoms with Crippen LogP contribution >= 0.6 is 0 Å². The summed E-state index contributed by atoms with van der Waals surface area (Å²) in [5.41, 5.74) is 0. The molecule has 0 bridgehead atoms. The molecule has 3 rings (SSSR count). The average molecular weight is 250 g/mol. The second-order valence-corrected chi connectivity index (χ2v) is 5.58. The smallest absolute Gasteiger partial charge is 0.229 e. The Morgan fingerprint density at radius 3 is 2.67 bits per heavy atom. The van der Waals surface area contributed by atoms with Gasteiger partial charge in [-0.25, -0.2) is 0 Å². The second kappa shape index (κ2) is 4.97. The van der Waals surface area contributed by atoms with Crippen LogP contribution in [0.3, 0.4) is 0 Å². The maximum absolute atomic E-state index is 5.44. The quantitative estimate of drug-likeness (QED) is 0.878. The number of nitrogens with one attached hydrogen (secondary N) is 1. The standard InChI is InChI=1S/C13H22N4O/c1-9(11-3-4-11)13-15-12(16-18-13)10(2)17-7-5-14-6-8-17/h9-11,14H,3-8H2,1-2H3. The van der Waals surface area contributed by atoms with E-state index in [9.17, 15) is 0 Å². The van der Waals surface area contributed by atoms with Gasteiger partial charge in [0.2, 0.25) is 5.89 Å². The molecule has 0 aromatic carbocycles. The summed E-state index contributed by atoms with van der Waals surface area (Å²) in [6, 6.07) is 0.260. The van der Waals surface area contributed by atoms with E-state index >= 15 is 0 Å². The van der Waals surface area contributed by atoms with Crippen molar-refractivity contribution < 1.29 is 4.52 Å². The Bertz CT molecular complexity index is 395. The van der Waals surface area contributed by atoms with Gasteiger partial charge in [-0.05, 0) is 25.7 Å². The van der Waals surface area contributed by atoms with Crippen molar-refractivity contribution in [3.8, 4) is 0 Å². The fourth-order valence-corrected chi connectivity index (χ4v) is 2.63. The van der Waals surface area contributed by atoms with Crippen molar-refractivity contribution >= 4 is 0 Å². The molecule has 2 heterocycles. The van der Waals surface area contributed by atoms with E-state index in [1.54, 1.807) is 0 Å². The van der Waals surface area contributed by atoms with Crippen molar-refractivity contribution in [2.75, 3.05) is 26.2 Å². The lowest BCUT2D eigenvalue weighted by Crippen LogP contribution is -2.44. The van der Waals surface area contributed by atoms with Gasteiger partial charge in [0.25, 0.3) is 0 Å². The van der Waals surface area contributed by atoms with Gasteiger partial charge in [0, 0.05) is 32.1 Å². The topological polar surface area (TPSA) is 54.2 Å². The second-order valence-electron chi connectivity index (χ2n) is 5.58. The van der Waals surface area contributed by atoms with Gasteiger partial charge in [-0.15, -0.1) is 0 Å². The maximum atomic E-state index is 5.44. The van der Waals surface area contributed by atoms with Crippen molar-refractivity contribution in [2.24, 2.45) is 5.92 Å². The normalized spacial score (nSPS) is 25.0. The summed E-state index contributed by atoms with van der Waals surface area (Å²) in [5, 5.41) is 7.54. The molecular formula is C13H22N4O. The highest BCUT2D eigenvalue weighted by atomic mass is 16.5. The molecule has 18 heavy (non-hydrogen) atoms. The number of rotatable bonds is 4. The molecule has 2 unspecified atom stereocenters. The number of hydrogen-bond donors (Lipinski definition) is 1. The summed E-state index contributed by atoms with van der Waals surface area (Å²) in [6.45, 7) is 8.58. The van der Waals surface area contributed by atoms with Crippen molar-refractivity contribution in [3.63, 3.8) is 0 Å². The van der Waals surface area contributed by atoms with E-state index in [1.807, 2.05) is 0 Å². The molecule has 0 radical (unpaired) electrons. The summed E-state index contributed by atoms with van der Waals surface area (Å²) in [7, 11) is 0. The van der Waals surface area contributed by atoms with Crippen molar-refractivity contribution in [1.29, 1.82) is 0 Å². The lowest BCUT2D eigenvalue weighted by molar-refractivity contribution is 0.176. The van der Waals surface area contributed by atoms with Crippen LogP contribution < -0.4 is 5.32 Å². The summed E-state index contributed by atoms with van der Waals surface area (Å²) in [5.74, 6) is 2.88. The van der Waals surface area contributed by atoms with Gasteiger partial charge in [-0.2, -0.15) is 4.98 Å². The average Bonchev–Trinajstić information content (AvgIpc) is 3.15. The lowest BCUT2D eigenvalue weighted by atomic mass is 10.1. The Labute approximate surface area is 108 Å². The summed E-state index contributed by atoms with van der Waals surface area (Å²) in [4.78, 5) is 7.02. The van der Waals surface area contributed by atoms with Gasteiger partial charge in [0.05, 0.1) is 6.04 Å². The van der Waals surface area contributed by atoms with Gasteiger partial charge in [0.15, 0.2) is 5.82 Å². The van der Waals surface area contributed by atoms with Crippen molar-refractivity contribution in [3.05, 3.63) is 11.7 Å². The molecule has 1 saturated carbocycles. The van der Waals surface area contributed by atoms with Gasteiger partial charge in [-0.1, -0.05) is 12.1 Å². The van der Waals surface area contributed by atoms with E-state index in [0.29, 0.717) is 5.92 Å². The third-order valence-electron chi connectivity index (χ3n) is 4.25. The highest BCUT2D eigenvalue weighted by Gasteiger charge is 2.33. The highest BCUT2D eigenvalue weighted by Crippen LogP contribution is 2.41. The first kappa shape index (κ1) is 12.1. The van der Waals surface area contributed by atoms with Crippen LogP contribution in [0.2, 0.25) is 0 Å². The molecule has 5 heteroatoms. The Balaban J connectivity index is 1.67. The number of nitrogens with zero attached hydrogens (tertiary/aromatic N) is 3. The predicted molar refractivity (Wildman–Crippen MR) is 68.3 cm³/mol. The van der Waals surface area contributed by atoms with Crippen LogP contribution in [-0.2, 0) is 0 Å².